The Morgan fingerprint density at radius 2 is 1.79 bits per heavy atom. The third-order valence-electron chi connectivity index (χ3n) is 5.36. The molecule has 1 N–H and O–H groups in total. The lowest BCUT2D eigenvalue weighted by molar-refractivity contribution is 0.0255. The van der Waals surface area contributed by atoms with E-state index in [1.807, 2.05) is 31.2 Å². The van der Waals surface area contributed by atoms with Crippen LogP contribution in [-0.4, -0.2) is 73.6 Å². The number of aliphatic hydroxyl groups excluding tert-OH is 1. The van der Waals surface area contributed by atoms with Crippen LogP contribution in [0, 0.1) is 13.8 Å². The zero-order chi connectivity index (χ0) is 20.5. The van der Waals surface area contributed by atoms with Gasteiger partial charge in [-0.15, -0.1) is 0 Å². The summed E-state index contributed by atoms with van der Waals surface area (Å²) >= 11 is 0. The average molecular weight is 399 g/mol. The zero-order valence-electron chi connectivity index (χ0n) is 17.7. The lowest BCUT2D eigenvalue weighted by atomic mass is 10.1. The maximum absolute atomic E-state index is 10.6. The van der Waals surface area contributed by atoms with Gasteiger partial charge in [-0.25, -0.2) is 0 Å². The fourth-order valence-electron chi connectivity index (χ4n) is 3.55. The van der Waals surface area contributed by atoms with Crippen molar-refractivity contribution in [2.75, 3.05) is 52.5 Å². The smallest absolute Gasteiger partial charge is 0.122 e. The molecule has 0 bridgehead atoms. The summed E-state index contributed by atoms with van der Waals surface area (Å²) < 4.78 is 11.3. The molecular weight excluding hydrogens is 364 g/mol. The van der Waals surface area contributed by atoms with Crippen molar-refractivity contribution in [2.45, 2.75) is 26.5 Å². The molecule has 0 saturated carbocycles. The summed E-state index contributed by atoms with van der Waals surface area (Å²) in [5, 5.41) is 10.6. The lowest BCUT2D eigenvalue weighted by Crippen LogP contribution is -2.43. The summed E-state index contributed by atoms with van der Waals surface area (Å²) in [5.74, 6) is 0.838. The molecule has 1 heterocycles. The number of benzene rings is 2. The lowest BCUT2D eigenvalue weighted by Gasteiger charge is -2.31. The second kappa shape index (κ2) is 11.3. The first-order valence-corrected chi connectivity index (χ1v) is 10.5. The van der Waals surface area contributed by atoms with Crippen LogP contribution in [0.5, 0.6) is 5.75 Å². The number of aryl methyl sites for hydroxylation is 2. The monoisotopic (exact) mass is 398 g/mol. The number of morpholine rings is 1. The van der Waals surface area contributed by atoms with Gasteiger partial charge in [0.1, 0.15) is 18.5 Å². The molecule has 0 unspecified atom stereocenters. The van der Waals surface area contributed by atoms with Crippen LogP contribution in [0.1, 0.15) is 16.7 Å². The van der Waals surface area contributed by atoms with Crippen LogP contribution in [0.25, 0.3) is 0 Å². The Bertz CT molecular complexity index is 729. The Hall–Kier alpha value is -1.92. The first-order valence-electron chi connectivity index (χ1n) is 10.5. The topological polar surface area (TPSA) is 45.2 Å². The molecule has 0 spiro atoms. The van der Waals surface area contributed by atoms with E-state index in [9.17, 15) is 5.11 Å². The summed E-state index contributed by atoms with van der Waals surface area (Å²) in [7, 11) is 0. The highest BCUT2D eigenvalue weighted by atomic mass is 16.5. The Kier molecular flexibility index (Phi) is 8.50. The number of aliphatic hydroxyl groups is 1. The van der Waals surface area contributed by atoms with E-state index in [-0.39, 0.29) is 0 Å². The van der Waals surface area contributed by atoms with Crippen LogP contribution >= 0.6 is 0 Å². The van der Waals surface area contributed by atoms with Gasteiger partial charge in [-0.1, -0.05) is 48.0 Å². The number of hydrogen-bond acceptors (Lipinski definition) is 5. The molecule has 2 aromatic carbocycles. The van der Waals surface area contributed by atoms with Crippen molar-refractivity contribution in [3.8, 4) is 5.75 Å². The van der Waals surface area contributed by atoms with Gasteiger partial charge in [-0.2, -0.15) is 0 Å². The van der Waals surface area contributed by atoms with Crippen molar-refractivity contribution >= 4 is 0 Å². The van der Waals surface area contributed by atoms with Gasteiger partial charge in [0.25, 0.3) is 0 Å². The van der Waals surface area contributed by atoms with Gasteiger partial charge < -0.3 is 14.6 Å². The van der Waals surface area contributed by atoms with Crippen LogP contribution in [0.4, 0.5) is 0 Å². The normalized spacial score (nSPS) is 16.1. The molecule has 5 heteroatoms. The average Bonchev–Trinajstić information content (AvgIpc) is 2.74. The molecule has 2 aromatic rings. The van der Waals surface area contributed by atoms with E-state index in [0.29, 0.717) is 13.2 Å². The van der Waals surface area contributed by atoms with Gasteiger partial charge in [0.05, 0.1) is 13.2 Å². The largest absolute Gasteiger partial charge is 0.491 e. The Morgan fingerprint density at radius 1 is 1.07 bits per heavy atom. The number of ether oxygens (including phenoxy) is 2. The van der Waals surface area contributed by atoms with Gasteiger partial charge >= 0.3 is 0 Å². The molecule has 3 rings (SSSR count). The molecule has 0 radical (unpaired) electrons. The molecular formula is C24H34N2O3. The third kappa shape index (κ3) is 7.44. The van der Waals surface area contributed by atoms with E-state index < -0.39 is 6.10 Å². The third-order valence-corrected chi connectivity index (χ3v) is 5.36. The maximum Gasteiger partial charge on any atom is 0.122 e. The summed E-state index contributed by atoms with van der Waals surface area (Å²) in [6.45, 7) is 11.3. The zero-order valence-corrected chi connectivity index (χ0v) is 17.7. The first-order chi connectivity index (χ1) is 14.1. The predicted octanol–water partition coefficient (Wildman–Crippen LogP) is 2.88. The highest BCUT2D eigenvalue weighted by Gasteiger charge is 2.16. The van der Waals surface area contributed by atoms with Crippen molar-refractivity contribution in [3.63, 3.8) is 0 Å². The molecule has 0 aliphatic carbocycles. The van der Waals surface area contributed by atoms with Crippen LogP contribution in [-0.2, 0) is 11.3 Å². The van der Waals surface area contributed by atoms with Gasteiger partial charge in [0.2, 0.25) is 0 Å². The predicted molar refractivity (Wildman–Crippen MR) is 116 cm³/mol. The number of rotatable bonds is 10. The molecule has 5 nitrogen and oxygen atoms in total. The molecule has 29 heavy (non-hydrogen) atoms. The molecule has 1 fully saturated rings. The minimum Gasteiger partial charge on any atom is -0.491 e. The van der Waals surface area contributed by atoms with Crippen LogP contribution in [0.3, 0.4) is 0 Å². The molecule has 1 atom stereocenters. The van der Waals surface area contributed by atoms with Gasteiger partial charge in [-0.3, -0.25) is 9.80 Å². The molecule has 0 amide bonds. The maximum atomic E-state index is 10.6. The van der Waals surface area contributed by atoms with E-state index >= 15 is 0 Å². The molecule has 1 saturated heterocycles. The number of hydrogen-bond donors (Lipinski definition) is 1. The van der Waals surface area contributed by atoms with Crippen molar-refractivity contribution < 1.29 is 14.6 Å². The van der Waals surface area contributed by atoms with Crippen molar-refractivity contribution in [1.29, 1.82) is 0 Å². The standard InChI is InChI=1S/C24H34N2O3/c1-20-7-9-22(10-8-20)17-26(12-11-25-13-15-28-16-14-25)18-23(27)19-29-24-6-4-3-5-21(24)2/h3-10,23,27H,11-19H2,1-2H3/t23-/m0/s1. The Morgan fingerprint density at radius 3 is 2.52 bits per heavy atom. The van der Waals surface area contributed by atoms with E-state index in [2.05, 4.69) is 41.0 Å². The van der Waals surface area contributed by atoms with Crippen LogP contribution < -0.4 is 4.74 Å². The van der Waals surface area contributed by atoms with E-state index in [1.54, 1.807) is 0 Å². The molecule has 1 aliphatic heterocycles. The van der Waals surface area contributed by atoms with Crippen molar-refractivity contribution in [2.24, 2.45) is 0 Å². The van der Waals surface area contributed by atoms with Gasteiger partial charge in [0.15, 0.2) is 0 Å². The van der Waals surface area contributed by atoms with Gasteiger partial charge in [0, 0.05) is 39.3 Å². The minimum atomic E-state index is -0.537. The van der Waals surface area contributed by atoms with Crippen LogP contribution in [0.15, 0.2) is 48.5 Å². The van der Waals surface area contributed by atoms with Crippen molar-refractivity contribution in [3.05, 3.63) is 65.2 Å². The Balaban J connectivity index is 1.55. The SMILES string of the molecule is Cc1ccc(CN(CCN2CCOCC2)C[C@H](O)COc2ccccc2C)cc1. The minimum absolute atomic E-state index is 0.298. The van der Waals surface area contributed by atoms with Crippen LogP contribution in [0.2, 0.25) is 0 Å². The second-order valence-corrected chi connectivity index (χ2v) is 7.91. The summed E-state index contributed by atoms with van der Waals surface area (Å²) in [6.07, 6.45) is -0.537. The fraction of sp³-hybridized carbons (Fsp3) is 0.500. The number of nitrogens with zero attached hydrogens (tertiary/aromatic N) is 2. The summed E-state index contributed by atoms with van der Waals surface area (Å²) in [5.41, 5.74) is 3.62. The molecule has 0 aromatic heterocycles. The first kappa shape index (κ1) is 21.8. The fourth-order valence-corrected chi connectivity index (χ4v) is 3.55. The number of para-hydroxylation sites is 1. The molecule has 158 valence electrons. The van der Waals surface area contributed by atoms with E-state index in [1.165, 1.54) is 11.1 Å². The van der Waals surface area contributed by atoms with E-state index in [4.69, 9.17) is 9.47 Å². The highest BCUT2D eigenvalue weighted by molar-refractivity contribution is 5.31. The summed E-state index contributed by atoms with van der Waals surface area (Å²) in [6, 6.07) is 16.6. The summed E-state index contributed by atoms with van der Waals surface area (Å²) in [4.78, 5) is 4.76. The quantitative estimate of drug-likeness (QED) is 0.667. The van der Waals surface area contributed by atoms with E-state index in [0.717, 1.165) is 57.3 Å². The van der Waals surface area contributed by atoms with Gasteiger partial charge in [-0.05, 0) is 31.0 Å². The second-order valence-electron chi connectivity index (χ2n) is 7.91. The van der Waals surface area contributed by atoms with Crippen molar-refractivity contribution in [1.82, 2.24) is 9.80 Å². The Labute approximate surface area is 174 Å². The highest BCUT2D eigenvalue weighted by Crippen LogP contribution is 2.16. The molecule has 1 aliphatic rings.